The van der Waals surface area contributed by atoms with E-state index in [1.165, 1.54) is 32.7 Å². The van der Waals surface area contributed by atoms with E-state index in [9.17, 15) is 5.41 Å². The van der Waals surface area contributed by atoms with Gasteiger partial charge in [-0.1, -0.05) is 194 Å². The molecule has 5 nitrogen and oxygen atoms in total. The number of benzene rings is 9. The van der Waals surface area contributed by atoms with E-state index in [4.69, 9.17) is 10.7 Å². The number of aliphatic imine (C=N–C) groups is 1. The first-order valence-electron chi connectivity index (χ1n) is 19.9. The van der Waals surface area contributed by atoms with E-state index < -0.39 is 0 Å². The van der Waals surface area contributed by atoms with Crippen molar-refractivity contribution in [3.8, 4) is 22.3 Å². The monoisotopic (exact) mass is 761 g/mol. The Morgan fingerprint density at radius 1 is 0.475 bits per heavy atom. The number of nitrogens with two attached hydrogens (primary N) is 1. The second kappa shape index (κ2) is 16.9. The molecule has 0 bridgehead atoms. The highest BCUT2D eigenvalue weighted by Gasteiger charge is 2.20. The minimum Gasteiger partial charge on any atom is -0.383 e. The van der Waals surface area contributed by atoms with Crippen LogP contribution in [0.4, 0.5) is 11.4 Å². The molecule has 59 heavy (non-hydrogen) atoms. The third-order valence-corrected chi connectivity index (χ3v) is 10.8. The van der Waals surface area contributed by atoms with Gasteiger partial charge in [-0.05, 0) is 79.2 Å². The summed E-state index contributed by atoms with van der Waals surface area (Å²) in [5.74, 6) is 0.900. The molecule has 1 atom stereocenters. The van der Waals surface area contributed by atoms with E-state index in [1.807, 2.05) is 114 Å². The molecule has 9 aromatic carbocycles. The molecule has 0 aliphatic heterocycles. The smallest absolute Gasteiger partial charge is 0.137 e. The van der Waals surface area contributed by atoms with Gasteiger partial charge in [-0.3, -0.25) is 15.6 Å². The lowest BCUT2D eigenvalue weighted by Crippen LogP contribution is -2.25. The van der Waals surface area contributed by atoms with Crippen LogP contribution in [0.3, 0.4) is 0 Å². The van der Waals surface area contributed by atoms with Crippen LogP contribution in [0, 0.1) is 5.41 Å². The summed E-state index contributed by atoms with van der Waals surface area (Å²) < 4.78 is 0. The summed E-state index contributed by atoms with van der Waals surface area (Å²) in [6, 6.07) is 75.1. The number of para-hydroxylation sites is 2. The van der Waals surface area contributed by atoms with Crippen LogP contribution in [-0.4, -0.2) is 11.7 Å². The number of rotatable bonds is 11. The molecule has 0 amide bonds. The molecule has 0 aliphatic rings. The summed E-state index contributed by atoms with van der Waals surface area (Å²) in [5.41, 5.74) is 16.9. The lowest BCUT2D eigenvalue weighted by molar-refractivity contribution is 0.554. The molecular formula is C54H43N5. The van der Waals surface area contributed by atoms with Crippen LogP contribution < -0.4 is 16.0 Å². The molecule has 0 saturated carbocycles. The fourth-order valence-electron chi connectivity index (χ4n) is 7.93. The summed E-state index contributed by atoms with van der Waals surface area (Å²) >= 11 is 0. The first-order valence-corrected chi connectivity index (χ1v) is 19.9. The van der Waals surface area contributed by atoms with Gasteiger partial charge in [0.15, 0.2) is 0 Å². The highest BCUT2D eigenvalue weighted by atomic mass is 15.2. The van der Waals surface area contributed by atoms with Gasteiger partial charge in [0, 0.05) is 29.0 Å². The van der Waals surface area contributed by atoms with Gasteiger partial charge in [0.1, 0.15) is 17.8 Å². The van der Waals surface area contributed by atoms with Crippen LogP contribution >= 0.6 is 0 Å². The van der Waals surface area contributed by atoms with Gasteiger partial charge in [-0.25, -0.2) is 4.99 Å². The summed E-state index contributed by atoms with van der Waals surface area (Å²) in [6.45, 7) is 0.604. The number of hydrogen-bond donors (Lipinski definition) is 3. The summed E-state index contributed by atoms with van der Waals surface area (Å²) in [6.07, 6.45) is -0.316. The summed E-state index contributed by atoms with van der Waals surface area (Å²) in [7, 11) is 0. The summed E-state index contributed by atoms with van der Waals surface area (Å²) in [5, 5.41) is 17.9. The van der Waals surface area contributed by atoms with Crippen molar-refractivity contribution in [1.29, 1.82) is 5.41 Å². The largest absolute Gasteiger partial charge is 0.383 e. The maximum atomic E-state index is 9.46. The molecule has 0 heterocycles. The summed E-state index contributed by atoms with van der Waals surface area (Å²) in [4.78, 5) is 6.93. The fraction of sp³-hybridized carbons (Fsp3) is 0.0370. The van der Waals surface area contributed by atoms with Crippen molar-refractivity contribution < 1.29 is 0 Å². The van der Waals surface area contributed by atoms with Crippen LogP contribution in [0.15, 0.2) is 223 Å². The van der Waals surface area contributed by atoms with Crippen LogP contribution in [0.1, 0.15) is 28.4 Å². The molecule has 4 N–H and O–H groups in total. The highest BCUT2D eigenvalue weighted by Crippen LogP contribution is 2.44. The molecule has 0 fully saturated rings. The van der Waals surface area contributed by atoms with Crippen LogP contribution in [-0.2, 0) is 6.54 Å². The molecular weight excluding hydrogens is 719 g/mol. The molecule has 9 aromatic rings. The van der Waals surface area contributed by atoms with Crippen LogP contribution in [0.25, 0.3) is 43.8 Å². The van der Waals surface area contributed by atoms with Crippen molar-refractivity contribution in [3.05, 3.63) is 241 Å². The van der Waals surface area contributed by atoms with Crippen molar-refractivity contribution in [1.82, 2.24) is 5.32 Å². The van der Waals surface area contributed by atoms with E-state index in [2.05, 4.69) is 115 Å². The first-order chi connectivity index (χ1) is 29.1. The normalized spacial score (nSPS) is 12.0. The maximum Gasteiger partial charge on any atom is 0.137 e. The van der Waals surface area contributed by atoms with E-state index in [1.54, 1.807) is 0 Å². The first kappa shape index (κ1) is 37.0. The Morgan fingerprint density at radius 3 is 1.41 bits per heavy atom. The van der Waals surface area contributed by atoms with Crippen molar-refractivity contribution in [3.63, 3.8) is 0 Å². The Hall–Kier alpha value is -7.60. The Bertz CT molecular complexity index is 2830. The number of amidine groups is 2. The molecule has 0 aromatic heterocycles. The minimum atomic E-state index is -0.316. The Labute approximate surface area is 345 Å². The SMILES string of the molecule is N=C(c1ccc(-c2c(-c3ccc(CNC(N=C(N)c4ccccc4)c4ccccc4)cc3)c3ccccc3c3ccccc23)cc1)N(c1ccccc1)c1ccccc1. The third kappa shape index (κ3) is 7.75. The van der Waals surface area contributed by atoms with Gasteiger partial charge >= 0.3 is 0 Å². The Morgan fingerprint density at radius 2 is 0.898 bits per heavy atom. The Balaban J connectivity index is 1.08. The second-order valence-corrected chi connectivity index (χ2v) is 14.5. The van der Waals surface area contributed by atoms with E-state index in [0.717, 1.165) is 44.8 Å². The van der Waals surface area contributed by atoms with Gasteiger partial charge in [-0.2, -0.15) is 0 Å². The molecule has 9 rings (SSSR count). The van der Waals surface area contributed by atoms with Crippen molar-refractivity contribution in [2.24, 2.45) is 10.7 Å². The van der Waals surface area contributed by atoms with Gasteiger partial charge in [0.05, 0.1) is 0 Å². The molecule has 1 unspecified atom stereocenters. The molecule has 0 saturated heterocycles. The quantitative estimate of drug-likeness (QED) is 0.0698. The molecule has 0 spiro atoms. The zero-order chi connectivity index (χ0) is 40.0. The van der Waals surface area contributed by atoms with Gasteiger partial charge in [0.2, 0.25) is 0 Å². The fourth-order valence-corrected chi connectivity index (χ4v) is 7.93. The van der Waals surface area contributed by atoms with E-state index >= 15 is 0 Å². The minimum absolute atomic E-state index is 0.316. The van der Waals surface area contributed by atoms with Crippen molar-refractivity contribution in [2.45, 2.75) is 12.7 Å². The van der Waals surface area contributed by atoms with Gasteiger partial charge < -0.3 is 5.73 Å². The molecule has 5 heteroatoms. The van der Waals surface area contributed by atoms with Crippen molar-refractivity contribution >= 4 is 44.6 Å². The zero-order valence-electron chi connectivity index (χ0n) is 32.5. The van der Waals surface area contributed by atoms with Gasteiger partial charge in [-0.15, -0.1) is 0 Å². The number of fused-ring (bicyclic) bond motifs is 3. The number of nitrogens with zero attached hydrogens (tertiary/aromatic N) is 2. The maximum absolute atomic E-state index is 9.46. The topological polar surface area (TPSA) is 77.5 Å². The molecule has 0 aliphatic carbocycles. The number of anilines is 2. The predicted octanol–water partition coefficient (Wildman–Crippen LogP) is 12.7. The highest BCUT2D eigenvalue weighted by molar-refractivity contribution is 6.21. The number of hydrogen-bond acceptors (Lipinski definition) is 3. The van der Waals surface area contributed by atoms with Gasteiger partial charge in [0.25, 0.3) is 0 Å². The number of nitrogens with one attached hydrogen (secondary N) is 2. The van der Waals surface area contributed by atoms with Crippen LogP contribution in [0.2, 0.25) is 0 Å². The van der Waals surface area contributed by atoms with Crippen LogP contribution in [0.5, 0.6) is 0 Å². The second-order valence-electron chi connectivity index (χ2n) is 14.5. The Kier molecular flexibility index (Phi) is 10.6. The average Bonchev–Trinajstić information content (AvgIpc) is 3.31. The molecule has 284 valence electrons. The predicted molar refractivity (Wildman–Crippen MR) is 247 cm³/mol. The average molecular weight is 762 g/mol. The zero-order valence-corrected chi connectivity index (χ0v) is 32.5. The van der Waals surface area contributed by atoms with E-state index in [0.29, 0.717) is 18.2 Å². The van der Waals surface area contributed by atoms with Crippen molar-refractivity contribution in [2.75, 3.05) is 4.90 Å². The lowest BCUT2D eigenvalue weighted by atomic mass is 9.84. The van der Waals surface area contributed by atoms with E-state index in [-0.39, 0.29) is 6.17 Å². The molecule has 0 radical (unpaired) electrons. The lowest BCUT2D eigenvalue weighted by Gasteiger charge is -2.26. The third-order valence-electron chi connectivity index (χ3n) is 10.8. The standard InChI is InChI=1S/C54H43N5/c55-52(41-17-5-1-6-18-41)58-54(43-19-7-2-8-20-43)57-37-38-29-31-39(32-30-38)50-48-27-15-13-25-46(48)47-26-14-16-28-49(47)51(50)40-33-35-42(36-34-40)53(56)59(44-21-9-3-10-22-44)45-23-11-4-12-24-45/h1-36,54,56-57H,37H2,(H2,55,58).